The monoisotopic (exact) mass is 491 g/mol. The summed E-state index contributed by atoms with van der Waals surface area (Å²) >= 11 is 0. The fraction of sp³-hybridized carbons (Fsp3) is 0.800. The molecule has 0 saturated heterocycles. The number of rotatable bonds is 14. The summed E-state index contributed by atoms with van der Waals surface area (Å²) in [7, 11) is -4.09. The van der Waals surface area contributed by atoms with Crippen LogP contribution in [0.4, 0.5) is 9.59 Å². The van der Waals surface area contributed by atoms with Gasteiger partial charge >= 0.3 is 22.4 Å². The van der Waals surface area contributed by atoms with E-state index in [2.05, 4.69) is 16.6 Å². The van der Waals surface area contributed by atoms with Crippen LogP contribution >= 0.6 is 0 Å². The predicted molar refractivity (Wildman–Crippen MR) is 116 cm³/mol. The van der Waals surface area contributed by atoms with Crippen LogP contribution in [0.1, 0.15) is 25.7 Å². The van der Waals surface area contributed by atoms with Gasteiger partial charge in [0, 0.05) is 32.5 Å². The van der Waals surface area contributed by atoms with Gasteiger partial charge in [-0.1, -0.05) is 0 Å². The van der Waals surface area contributed by atoms with Gasteiger partial charge in [0.15, 0.2) is 0 Å². The van der Waals surface area contributed by atoms with Crippen LogP contribution in [0.15, 0.2) is 0 Å². The Morgan fingerprint density at radius 2 is 1.61 bits per heavy atom. The number of amides is 2. The van der Waals surface area contributed by atoms with Crippen LogP contribution in [0.5, 0.6) is 0 Å². The third-order valence-corrected chi connectivity index (χ3v) is 6.47. The zero-order valence-corrected chi connectivity index (χ0v) is 19.3. The Hall–Kier alpha value is -2.11. The number of hydrogen-bond donors (Lipinski definition) is 4. The molecule has 1 unspecified atom stereocenters. The van der Waals surface area contributed by atoms with Crippen molar-refractivity contribution in [2.75, 3.05) is 59.3 Å². The minimum absolute atomic E-state index is 0.0159. The summed E-state index contributed by atoms with van der Waals surface area (Å²) < 4.78 is 43.0. The van der Waals surface area contributed by atoms with Crippen LogP contribution in [-0.4, -0.2) is 95.0 Å². The summed E-state index contributed by atoms with van der Waals surface area (Å²) in [6.07, 6.45) is 1.93. The molecule has 0 spiro atoms. The number of fused-ring (bicyclic) bond motifs is 1. The van der Waals surface area contributed by atoms with Crippen LogP contribution in [0.2, 0.25) is 0 Å². The third-order valence-electron chi connectivity index (χ3n) is 5.45. The highest BCUT2D eigenvalue weighted by Crippen LogP contribution is 2.52. The van der Waals surface area contributed by atoms with E-state index in [4.69, 9.17) is 24.4 Å². The minimum Gasteiger partial charge on any atom is -0.449 e. The molecule has 0 bridgehead atoms. The quantitative estimate of drug-likeness (QED) is 0.184. The van der Waals surface area contributed by atoms with E-state index >= 15 is 0 Å². The van der Waals surface area contributed by atoms with Crippen molar-refractivity contribution in [3.8, 4) is 11.8 Å². The summed E-state index contributed by atoms with van der Waals surface area (Å²) in [5.41, 5.74) is 0. The second-order valence-corrected chi connectivity index (χ2v) is 9.18. The number of ether oxygens (including phenoxy) is 3. The van der Waals surface area contributed by atoms with E-state index in [1.165, 1.54) is 0 Å². The van der Waals surface area contributed by atoms with E-state index in [-0.39, 0.29) is 65.2 Å². The maximum Gasteiger partial charge on any atom is 0.421 e. The Labute approximate surface area is 194 Å². The Morgan fingerprint density at radius 3 is 2.21 bits per heavy atom. The summed E-state index contributed by atoms with van der Waals surface area (Å²) in [6.45, 7) is -0.450. The Kier molecular flexibility index (Phi) is 11.7. The van der Waals surface area contributed by atoms with Crippen molar-refractivity contribution in [2.24, 2.45) is 17.8 Å². The zero-order chi connectivity index (χ0) is 24.1. The number of hydrogen-bond acceptors (Lipinski definition) is 9. The highest BCUT2D eigenvalue weighted by atomic mass is 32.2. The zero-order valence-electron chi connectivity index (χ0n) is 18.5. The highest BCUT2D eigenvalue weighted by molar-refractivity contribution is 7.88. The van der Waals surface area contributed by atoms with Crippen molar-refractivity contribution in [2.45, 2.75) is 25.7 Å². The van der Waals surface area contributed by atoms with Crippen molar-refractivity contribution in [3.63, 3.8) is 0 Å². The van der Waals surface area contributed by atoms with E-state index in [1.807, 2.05) is 0 Å². The molecule has 0 aromatic heterocycles. The molecule has 0 heterocycles. The molecule has 13 heteroatoms. The van der Waals surface area contributed by atoms with Crippen LogP contribution in [0.25, 0.3) is 0 Å². The molecule has 12 nitrogen and oxygen atoms in total. The number of carbonyl (C=O) groups is 2. The lowest BCUT2D eigenvalue weighted by Crippen LogP contribution is -2.42. The lowest BCUT2D eigenvalue weighted by Gasteiger charge is -2.19. The van der Waals surface area contributed by atoms with Gasteiger partial charge in [-0.2, -0.15) is 13.1 Å². The molecule has 4 N–H and O–H groups in total. The lowest BCUT2D eigenvalue weighted by molar-refractivity contribution is 0.0502. The first-order valence-electron chi connectivity index (χ1n) is 11.0. The first-order chi connectivity index (χ1) is 15.9. The molecule has 2 aliphatic carbocycles. The fourth-order valence-corrected chi connectivity index (χ4v) is 4.50. The number of carbonyl (C=O) groups excluding carboxylic acids is 2. The molecule has 2 rings (SSSR count). The summed E-state index contributed by atoms with van der Waals surface area (Å²) in [6, 6.07) is 0. The average molecular weight is 492 g/mol. The van der Waals surface area contributed by atoms with Gasteiger partial charge in [0.25, 0.3) is 0 Å². The molecule has 1 saturated carbocycles. The van der Waals surface area contributed by atoms with Crippen molar-refractivity contribution in [1.82, 2.24) is 14.3 Å². The van der Waals surface area contributed by atoms with Gasteiger partial charge in [-0.25, -0.2) is 14.3 Å². The van der Waals surface area contributed by atoms with E-state index < -0.39 is 22.4 Å². The molecule has 33 heavy (non-hydrogen) atoms. The average Bonchev–Trinajstić information content (AvgIpc) is 3.39. The van der Waals surface area contributed by atoms with Gasteiger partial charge in [0.05, 0.1) is 33.0 Å². The SMILES string of the molecule is O=C(NS(=O)(=O)NCCOCCOC(=O)N(CCO)CCO)OCC1[C@H]2CCC#CCC[C@@H]12. The third kappa shape index (κ3) is 10.1. The van der Waals surface area contributed by atoms with Crippen LogP contribution in [0.3, 0.4) is 0 Å². The highest BCUT2D eigenvalue weighted by Gasteiger charge is 2.49. The number of nitrogens with zero attached hydrogens (tertiary/aromatic N) is 1. The van der Waals surface area contributed by atoms with E-state index in [9.17, 15) is 18.0 Å². The smallest absolute Gasteiger partial charge is 0.421 e. The summed E-state index contributed by atoms with van der Waals surface area (Å²) in [5, 5.41) is 17.7. The standard InChI is InChI=1S/C20H33N3O9S/c24-10-8-23(9-11-25)20(27)31-14-13-30-12-7-21-33(28,29)22-19(26)32-15-18-16-5-3-1-2-4-6-17(16)18/h16-18,21,24-25H,3-15H2,(H,22,26)/t16-,17+,18?. The van der Waals surface area contributed by atoms with Crippen molar-refractivity contribution in [1.29, 1.82) is 0 Å². The van der Waals surface area contributed by atoms with E-state index in [0.29, 0.717) is 11.8 Å². The van der Waals surface area contributed by atoms with Gasteiger partial charge in [0.2, 0.25) is 0 Å². The second kappa shape index (κ2) is 14.2. The maximum absolute atomic E-state index is 11.9. The van der Waals surface area contributed by atoms with Crippen LogP contribution in [-0.2, 0) is 24.4 Å². The Bertz CT molecular complexity index is 772. The van der Waals surface area contributed by atoms with Crippen LogP contribution < -0.4 is 9.44 Å². The second-order valence-electron chi connectivity index (χ2n) is 7.68. The predicted octanol–water partition coefficient (Wildman–Crippen LogP) is -0.574. The van der Waals surface area contributed by atoms with Crippen molar-refractivity contribution < 1.29 is 42.4 Å². The van der Waals surface area contributed by atoms with E-state index in [0.717, 1.165) is 30.6 Å². The molecular formula is C20H33N3O9S. The minimum atomic E-state index is -4.09. The molecule has 0 aromatic rings. The van der Waals surface area contributed by atoms with Gasteiger partial charge < -0.3 is 29.3 Å². The first kappa shape index (κ1) is 27.1. The number of nitrogens with one attached hydrogen (secondary N) is 2. The molecular weight excluding hydrogens is 458 g/mol. The van der Waals surface area contributed by atoms with Crippen molar-refractivity contribution in [3.05, 3.63) is 0 Å². The lowest BCUT2D eigenvalue weighted by atomic mass is 10.1. The van der Waals surface area contributed by atoms with Crippen LogP contribution in [0, 0.1) is 29.6 Å². The maximum atomic E-state index is 11.9. The molecule has 2 amide bonds. The topological polar surface area (TPSA) is 164 Å². The Balaban J connectivity index is 1.52. The van der Waals surface area contributed by atoms with E-state index in [1.54, 1.807) is 4.72 Å². The number of aliphatic hydroxyl groups excluding tert-OH is 2. The first-order valence-corrected chi connectivity index (χ1v) is 12.5. The molecule has 3 atom stereocenters. The van der Waals surface area contributed by atoms with Crippen molar-refractivity contribution >= 4 is 22.4 Å². The Morgan fingerprint density at radius 1 is 0.970 bits per heavy atom. The van der Waals surface area contributed by atoms with Gasteiger partial charge in [-0.05, 0) is 30.6 Å². The molecule has 188 valence electrons. The summed E-state index contributed by atoms with van der Waals surface area (Å²) in [4.78, 5) is 24.7. The molecule has 0 radical (unpaired) electrons. The largest absolute Gasteiger partial charge is 0.449 e. The fourth-order valence-electron chi connectivity index (χ4n) is 3.79. The summed E-state index contributed by atoms with van der Waals surface area (Å²) in [5.74, 6) is 7.46. The molecule has 0 aromatic carbocycles. The van der Waals surface area contributed by atoms with Gasteiger partial charge in [-0.3, -0.25) is 0 Å². The molecule has 1 fully saturated rings. The number of aliphatic hydroxyl groups is 2. The molecule has 0 aliphatic heterocycles. The normalized spacial score (nSPS) is 21.5. The van der Waals surface area contributed by atoms with Gasteiger partial charge in [-0.15, -0.1) is 11.8 Å². The molecule has 2 aliphatic rings. The van der Waals surface area contributed by atoms with Gasteiger partial charge in [0.1, 0.15) is 6.61 Å².